The summed E-state index contributed by atoms with van der Waals surface area (Å²) in [5, 5.41) is 2.70. The van der Waals surface area contributed by atoms with E-state index in [0.717, 1.165) is 27.9 Å². The van der Waals surface area contributed by atoms with Gasteiger partial charge in [0.2, 0.25) is 0 Å². The van der Waals surface area contributed by atoms with Gasteiger partial charge in [-0.2, -0.15) is 0 Å². The summed E-state index contributed by atoms with van der Waals surface area (Å²) in [6, 6.07) is 59.4. The molecule has 0 saturated carbocycles. The van der Waals surface area contributed by atoms with Crippen molar-refractivity contribution in [3.63, 3.8) is 0 Å². The summed E-state index contributed by atoms with van der Waals surface area (Å²) in [7, 11) is -3.01. The normalized spacial score (nSPS) is 13.2. The lowest BCUT2D eigenvalue weighted by atomic mass is 9.67. The zero-order valence-corrected chi connectivity index (χ0v) is 35.5. The first-order valence-corrected chi connectivity index (χ1v) is 26.8. The third-order valence-electron chi connectivity index (χ3n) is 11.4. The monoisotopic (exact) mass is 770 g/mol. The Labute approximate surface area is 338 Å². The van der Waals surface area contributed by atoms with Crippen LogP contribution in [0.5, 0.6) is 0 Å². The van der Waals surface area contributed by atoms with Crippen LogP contribution in [-0.4, -0.2) is 36.1 Å². The van der Waals surface area contributed by atoms with Gasteiger partial charge in [-0.1, -0.05) is 190 Å². The van der Waals surface area contributed by atoms with Gasteiger partial charge in [-0.3, -0.25) is 4.98 Å². The molecule has 0 N–H and O–H groups in total. The highest BCUT2D eigenvalue weighted by molar-refractivity contribution is 6.89. The molecular weight excluding hydrogens is 725 g/mol. The third kappa shape index (κ3) is 6.59. The lowest BCUT2D eigenvalue weighted by Crippen LogP contribution is -2.37. The number of benzene rings is 6. The Bertz CT molecular complexity index is 2620. The quantitative estimate of drug-likeness (QED) is 0.144. The second-order valence-electron chi connectivity index (χ2n) is 17.2. The van der Waals surface area contributed by atoms with Crippen molar-refractivity contribution in [2.75, 3.05) is 0 Å². The summed E-state index contributed by atoms with van der Waals surface area (Å²) in [4.78, 5) is 20.2. The van der Waals surface area contributed by atoms with Gasteiger partial charge >= 0.3 is 0 Å². The van der Waals surface area contributed by atoms with E-state index in [1.807, 2.05) is 6.20 Å². The summed E-state index contributed by atoms with van der Waals surface area (Å²) in [6.45, 7) is 14.1. The summed E-state index contributed by atoms with van der Waals surface area (Å²) in [5.74, 6) is 1.84. The average molecular weight is 771 g/mol. The van der Waals surface area contributed by atoms with E-state index in [0.29, 0.717) is 17.5 Å². The Morgan fingerprint density at radius 1 is 0.386 bits per heavy atom. The van der Waals surface area contributed by atoms with Gasteiger partial charge in [-0.15, -0.1) is 0 Å². The van der Waals surface area contributed by atoms with Crippen molar-refractivity contribution in [3.05, 3.63) is 192 Å². The number of fused-ring (bicyclic) bond motifs is 3. The lowest BCUT2D eigenvalue weighted by Gasteiger charge is -2.34. The largest absolute Gasteiger partial charge is 0.253 e. The molecule has 2 aromatic heterocycles. The molecule has 2 heterocycles. The fraction of sp³-hybridized carbons (Fsp3) is 0.137. The fourth-order valence-corrected chi connectivity index (χ4v) is 10.5. The van der Waals surface area contributed by atoms with E-state index in [2.05, 4.69) is 203 Å². The molecule has 0 aliphatic heterocycles. The first kappa shape index (κ1) is 36.5. The maximum atomic E-state index is 5.14. The van der Waals surface area contributed by atoms with E-state index >= 15 is 0 Å². The van der Waals surface area contributed by atoms with Crippen molar-refractivity contribution in [1.29, 1.82) is 0 Å². The zero-order chi connectivity index (χ0) is 39.4. The number of aromatic nitrogens is 4. The van der Waals surface area contributed by atoms with E-state index in [1.54, 1.807) is 0 Å². The van der Waals surface area contributed by atoms with Crippen LogP contribution in [-0.2, 0) is 5.41 Å². The molecule has 9 rings (SSSR count). The molecule has 0 saturated heterocycles. The van der Waals surface area contributed by atoms with Crippen LogP contribution in [0.25, 0.3) is 56.5 Å². The van der Waals surface area contributed by atoms with Gasteiger partial charge in [0.25, 0.3) is 0 Å². The van der Waals surface area contributed by atoms with Crippen LogP contribution in [0.1, 0.15) is 22.3 Å². The van der Waals surface area contributed by atoms with Crippen molar-refractivity contribution in [2.24, 2.45) is 0 Å². The molecule has 0 atom stereocenters. The Balaban J connectivity index is 1.19. The topological polar surface area (TPSA) is 51.6 Å². The maximum absolute atomic E-state index is 5.14. The summed E-state index contributed by atoms with van der Waals surface area (Å²) in [6.07, 6.45) is 2.01. The number of nitrogens with zero attached hydrogens (tertiary/aromatic N) is 4. The van der Waals surface area contributed by atoms with Crippen LogP contribution in [0.2, 0.25) is 39.3 Å². The van der Waals surface area contributed by atoms with E-state index in [4.69, 9.17) is 19.9 Å². The molecule has 0 bridgehead atoms. The highest BCUT2D eigenvalue weighted by Crippen LogP contribution is 2.56. The minimum absolute atomic E-state index is 0.469. The second-order valence-corrected chi connectivity index (χ2v) is 27.3. The molecule has 1 aliphatic carbocycles. The summed E-state index contributed by atoms with van der Waals surface area (Å²) in [5.41, 5.74) is 12.0. The minimum Gasteiger partial charge on any atom is -0.253 e. The number of hydrogen-bond donors (Lipinski definition) is 0. The van der Waals surface area contributed by atoms with Crippen LogP contribution in [0.3, 0.4) is 0 Å². The van der Waals surface area contributed by atoms with E-state index in [9.17, 15) is 0 Å². The molecule has 0 unspecified atom stereocenters. The first-order valence-electron chi connectivity index (χ1n) is 19.8. The molecule has 6 aromatic carbocycles. The SMILES string of the molecule is C[Si](C)(C)c1ccc(-c2nc(-c3cccc(-c4ccc5c(c4)C(c4ccccc4)(c4ccccc4)c4ccccc4-5)c3)nc(-c3ccc([Si](C)(C)C)cn3)n2)cc1. The molecule has 6 heteroatoms. The molecule has 4 nitrogen and oxygen atoms in total. The van der Waals surface area contributed by atoms with Crippen molar-refractivity contribution >= 4 is 26.5 Å². The Morgan fingerprint density at radius 2 is 0.912 bits per heavy atom. The zero-order valence-electron chi connectivity index (χ0n) is 33.5. The Morgan fingerprint density at radius 3 is 1.54 bits per heavy atom. The van der Waals surface area contributed by atoms with Crippen molar-refractivity contribution in [2.45, 2.75) is 44.7 Å². The highest BCUT2D eigenvalue weighted by Gasteiger charge is 2.46. The van der Waals surface area contributed by atoms with Crippen LogP contribution in [0.15, 0.2) is 170 Å². The van der Waals surface area contributed by atoms with E-state index in [-0.39, 0.29) is 0 Å². The lowest BCUT2D eigenvalue weighted by molar-refractivity contribution is 0.769. The summed E-state index contributed by atoms with van der Waals surface area (Å²) >= 11 is 0. The predicted octanol–water partition coefficient (Wildman–Crippen LogP) is 11.4. The molecule has 0 fully saturated rings. The number of rotatable bonds is 8. The van der Waals surface area contributed by atoms with Crippen LogP contribution in [0.4, 0.5) is 0 Å². The Kier molecular flexibility index (Phi) is 9.06. The molecule has 57 heavy (non-hydrogen) atoms. The van der Waals surface area contributed by atoms with E-state index < -0.39 is 21.6 Å². The van der Waals surface area contributed by atoms with Gasteiger partial charge < -0.3 is 0 Å². The highest BCUT2D eigenvalue weighted by atomic mass is 28.3. The van der Waals surface area contributed by atoms with Crippen LogP contribution < -0.4 is 10.4 Å². The van der Waals surface area contributed by atoms with Crippen molar-refractivity contribution in [1.82, 2.24) is 19.9 Å². The molecule has 0 amide bonds. The molecule has 0 spiro atoms. The Hall–Kier alpha value is -6.09. The number of hydrogen-bond acceptors (Lipinski definition) is 4. The van der Waals surface area contributed by atoms with Gasteiger partial charge in [0.05, 0.1) is 21.6 Å². The third-order valence-corrected chi connectivity index (χ3v) is 15.5. The fourth-order valence-electron chi connectivity index (χ4n) is 8.30. The van der Waals surface area contributed by atoms with E-state index in [1.165, 1.54) is 43.8 Å². The van der Waals surface area contributed by atoms with Crippen LogP contribution >= 0.6 is 0 Å². The predicted molar refractivity (Wildman–Crippen MR) is 243 cm³/mol. The van der Waals surface area contributed by atoms with Gasteiger partial charge in [0.1, 0.15) is 5.69 Å². The standard InChI is InChI=1S/C51H46N4Si2/c1-56(2,3)41-27-24-35(25-28-41)48-53-49(55-50(54-48)47-31-29-42(34-52-47)57(4,5)6)38-17-15-16-36(32-38)37-26-30-44-43-22-13-14-23-45(43)51(46(44)33-37,39-18-9-7-10-19-39)40-20-11-8-12-21-40/h7-34H,1-6H3. The summed E-state index contributed by atoms with van der Waals surface area (Å²) < 4.78 is 0. The maximum Gasteiger partial charge on any atom is 0.182 e. The smallest absolute Gasteiger partial charge is 0.182 e. The molecular formula is C51H46N4Si2. The first-order chi connectivity index (χ1) is 27.5. The molecule has 278 valence electrons. The molecule has 1 aliphatic rings. The second kappa shape index (κ2) is 14.1. The number of pyridine rings is 1. The molecule has 0 radical (unpaired) electrons. The minimum atomic E-state index is -1.53. The van der Waals surface area contributed by atoms with Crippen molar-refractivity contribution in [3.8, 4) is 56.5 Å². The van der Waals surface area contributed by atoms with Gasteiger partial charge in [-0.25, -0.2) is 15.0 Å². The van der Waals surface area contributed by atoms with Crippen LogP contribution in [0, 0.1) is 0 Å². The average Bonchev–Trinajstić information content (AvgIpc) is 3.54. The van der Waals surface area contributed by atoms with Gasteiger partial charge in [0.15, 0.2) is 17.5 Å². The molecule has 8 aromatic rings. The van der Waals surface area contributed by atoms with Gasteiger partial charge in [0, 0.05) is 17.3 Å². The van der Waals surface area contributed by atoms with Gasteiger partial charge in [-0.05, 0) is 67.9 Å². The van der Waals surface area contributed by atoms with Crippen molar-refractivity contribution < 1.29 is 0 Å².